The number of carbonyl (C=O) groups excluding carboxylic acids is 1. The van der Waals surface area contributed by atoms with Gasteiger partial charge in [0.15, 0.2) is 0 Å². The van der Waals surface area contributed by atoms with Gasteiger partial charge in [-0.3, -0.25) is 4.79 Å². The quantitative estimate of drug-likeness (QED) is 0.246. The number of para-hydroxylation sites is 1. The van der Waals surface area contributed by atoms with E-state index in [1.807, 2.05) is 65.6 Å². The summed E-state index contributed by atoms with van der Waals surface area (Å²) in [6.07, 6.45) is 1.91. The highest BCUT2D eigenvalue weighted by Gasteiger charge is 2.32. The molecule has 0 saturated carbocycles. The zero-order valence-corrected chi connectivity index (χ0v) is 20.4. The van der Waals surface area contributed by atoms with Gasteiger partial charge in [-0.1, -0.05) is 61.8 Å². The van der Waals surface area contributed by atoms with Gasteiger partial charge in [0.25, 0.3) is 5.91 Å². The molecule has 1 aliphatic heterocycles. The molecule has 0 aromatic heterocycles. The lowest BCUT2D eigenvalue weighted by Crippen LogP contribution is -2.30. The fourth-order valence-electron chi connectivity index (χ4n) is 3.62. The van der Waals surface area contributed by atoms with E-state index in [0.29, 0.717) is 35.4 Å². The first kappa shape index (κ1) is 21.9. The summed E-state index contributed by atoms with van der Waals surface area (Å²) in [5.41, 5.74) is 4.58. The van der Waals surface area contributed by atoms with Gasteiger partial charge in [0.05, 0.1) is 10.7 Å². The maximum absolute atomic E-state index is 13.1. The van der Waals surface area contributed by atoms with Crippen LogP contribution < -0.4 is 9.64 Å². The number of anilines is 1. The summed E-state index contributed by atoms with van der Waals surface area (Å²) in [7, 11) is 0. The molecular weight excluding hydrogens is 521 g/mol. The standard InChI is InChI=1S/C26H23ClINO2/c1-17(2)15-29-24-6-4-3-5-21(24)22(26(29)30)13-19-9-12-25(23(27)14-19)31-16-18-7-10-20(28)11-8-18/h3-14,17H,15-16H2,1-2H3/b22-13-. The zero-order chi connectivity index (χ0) is 22.0. The van der Waals surface area contributed by atoms with Gasteiger partial charge in [-0.05, 0) is 76.0 Å². The van der Waals surface area contributed by atoms with Crippen molar-refractivity contribution in [3.63, 3.8) is 0 Å². The summed E-state index contributed by atoms with van der Waals surface area (Å²) in [5.74, 6) is 1.04. The molecule has 158 valence electrons. The summed E-state index contributed by atoms with van der Waals surface area (Å²) in [4.78, 5) is 15.0. The molecular formula is C26H23ClINO2. The number of carbonyl (C=O) groups is 1. The van der Waals surface area contributed by atoms with Crippen LogP contribution >= 0.6 is 34.2 Å². The second-order valence-corrected chi connectivity index (χ2v) is 9.64. The normalized spacial score (nSPS) is 14.4. The van der Waals surface area contributed by atoms with Crippen LogP contribution in [0.4, 0.5) is 5.69 Å². The first-order chi connectivity index (χ1) is 14.9. The van der Waals surface area contributed by atoms with E-state index < -0.39 is 0 Å². The molecule has 1 heterocycles. The van der Waals surface area contributed by atoms with Crippen LogP contribution in [0.25, 0.3) is 11.6 Å². The maximum Gasteiger partial charge on any atom is 0.259 e. The minimum absolute atomic E-state index is 0.0325. The SMILES string of the molecule is CC(C)CN1C(=O)/C(=C\c2ccc(OCc3ccc(I)cc3)c(Cl)c2)c2ccccc21. The van der Waals surface area contributed by atoms with Crippen molar-refractivity contribution in [2.45, 2.75) is 20.5 Å². The highest BCUT2D eigenvalue weighted by molar-refractivity contribution is 14.1. The molecule has 0 atom stereocenters. The molecule has 4 rings (SSSR count). The third kappa shape index (κ3) is 4.96. The second kappa shape index (κ2) is 9.45. The Morgan fingerprint density at radius 2 is 1.81 bits per heavy atom. The molecule has 31 heavy (non-hydrogen) atoms. The van der Waals surface area contributed by atoms with Crippen LogP contribution in [-0.4, -0.2) is 12.5 Å². The molecule has 0 spiro atoms. The molecule has 3 nitrogen and oxygen atoms in total. The molecule has 0 radical (unpaired) electrons. The molecule has 3 aromatic carbocycles. The van der Waals surface area contributed by atoms with Crippen molar-refractivity contribution in [2.75, 3.05) is 11.4 Å². The van der Waals surface area contributed by atoms with Crippen LogP contribution in [0.5, 0.6) is 5.75 Å². The Labute approximate surface area is 201 Å². The molecule has 1 amide bonds. The molecule has 0 bridgehead atoms. The van der Waals surface area contributed by atoms with Crippen LogP contribution in [0.3, 0.4) is 0 Å². The summed E-state index contributed by atoms with van der Waals surface area (Å²) in [6.45, 7) is 5.38. The fourth-order valence-corrected chi connectivity index (χ4v) is 4.23. The van der Waals surface area contributed by atoms with Crippen molar-refractivity contribution in [1.82, 2.24) is 0 Å². The van der Waals surface area contributed by atoms with Crippen LogP contribution in [-0.2, 0) is 11.4 Å². The zero-order valence-electron chi connectivity index (χ0n) is 17.4. The van der Waals surface area contributed by atoms with Crippen LogP contribution in [0, 0.1) is 9.49 Å². The number of ether oxygens (including phenoxy) is 1. The lowest BCUT2D eigenvalue weighted by atomic mass is 10.0. The highest BCUT2D eigenvalue weighted by atomic mass is 127. The van der Waals surface area contributed by atoms with Gasteiger partial charge < -0.3 is 9.64 Å². The molecule has 5 heteroatoms. The van der Waals surface area contributed by atoms with E-state index in [1.165, 1.54) is 3.57 Å². The molecule has 0 fully saturated rings. The first-order valence-corrected chi connectivity index (χ1v) is 11.7. The molecule has 0 saturated heterocycles. The number of hydrogen-bond acceptors (Lipinski definition) is 2. The Balaban J connectivity index is 1.56. The molecule has 0 aliphatic carbocycles. The first-order valence-electron chi connectivity index (χ1n) is 10.2. The van der Waals surface area contributed by atoms with E-state index >= 15 is 0 Å². The number of hydrogen-bond donors (Lipinski definition) is 0. The summed E-state index contributed by atoms with van der Waals surface area (Å²) >= 11 is 8.77. The maximum atomic E-state index is 13.1. The monoisotopic (exact) mass is 543 g/mol. The van der Waals surface area contributed by atoms with Crippen molar-refractivity contribution < 1.29 is 9.53 Å². The van der Waals surface area contributed by atoms with Gasteiger partial charge >= 0.3 is 0 Å². The predicted octanol–water partition coefficient (Wildman–Crippen LogP) is 7.07. The van der Waals surface area contributed by atoms with E-state index in [-0.39, 0.29) is 5.91 Å². The van der Waals surface area contributed by atoms with E-state index in [9.17, 15) is 4.79 Å². The Morgan fingerprint density at radius 1 is 1.06 bits per heavy atom. The third-order valence-corrected chi connectivity index (χ3v) is 6.10. The average molecular weight is 544 g/mol. The van der Waals surface area contributed by atoms with Gasteiger partial charge in [-0.15, -0.1) is 0 Å². The summed E-state index contributed by atoms with van der Waals surface area (Å²) in [6, 6.07) is 21.8. The highest BCUT2D eigenvalue weighted by Crippen LogP contribution is 2.38. The number of nitrogens with zero attached hydrogens (tertiary/aromatic N) is 1. The van der Waals surface area contributed by atoms with Crippen molar-refractivity contribution in [1.29, 1.82) is 0 Å². The van der Waals surface area contributed by atoms with Crippen LogP contribution in [0.2, 0.25) is 5.02 Å². The number of amides is 1. The average Bonchev–Trinajstić information content (AvgIpc) is 3.00. The van der Waals surface area contributed by atoms with Gasteiger partial charge in [0.2, 0.25) is 0 Å². The smallest absolute Gasteiger partial charge is 0.259 e. The third-order valence-electron chi connectivity index (χ3n) is 5.08. The number of fused-ring (bicyclic) bond motifs is 1. The Bertz CT molecular complexity index is 1140. The minimum Gasteiger partial charge on any atom is -0.487 e. The largest absolute Gasteiger partial charge is 0.487 e. The molecule has 0 N–H and O–H groups in total. The van der Waals surface area contributed by atoms with Crippen molar-refractivity contribution in [3.05, 3.63) is 92.0 Å². The van der Waals surface area contributed by atoms with E-state index in [2.05, 4.69) is 48.6 Å². The Morgan fingerprint density at radius 3 is 2.52 bits per heavy atom. The predicted molar refractivity (Wildman–Crippen MR) is 136 cm³/mol. The molecule has 3 aromatic rings. The minimum atomic E-state index is 0.0325. The van der Waals surface area contributed by atoms with Crippen LogP contribution in [0.15, 0.2) is 66.7 Å². The second-order valence-electron chi connectivity index (χ2n) is 7.99. The molecule has 1 aliphatic rings. The number of rotatable bonds is 6. The summed E-state index contributed by atoms with van der Waals surface area (Å²) in [5, 5.41) is 0.526. The lowest BCUT2D eigenvalue weighted by molar-refractivity contribution is -0.113. The number of halogens is 2. The number of benzene rings is 3. The Kier molecular flexibility index (Phi) is 6.68. The van der Waals surface area contributed by atoms with E-state index in [0.717, 1.165) is 22.4 Å². The van der Waals surface area contributed by atoms with Crippen LogP contribution in [0.1, 0.15) is 30.5 Å². The van der Waals surface area contributed by atoms with Gasteiger partial charge in [-0.2, -0.15) is 0 Å². The van der Waals surface area contributed by atoms with Crippen molar-refractivity contribution in [2.24, 2.45) is 5.92 Å². The fraction of sp³-hybridized carbons (Fsp3) is 0.192. The summed E-state index contributed by atoms with van der Waals surface area (Å²) < 4.78 is 7.08. The van der Waals surface area contributed by atoms with E-state index in [4.69, 9.17) is 16.3 Å². The Hall–Kier alpha value is -2.31. The molecule has 0 unspecified atom stereocenters. The van der Waals surface area contributed by atoms with Gasteiger partial charge in [0.1, 0.15) is 12.4 Å². The van der Waals surface area contributed by atoms with Gasteiger partial charge in [0, 0.05) is 21.3 Å². The topological polar surface area (TPSA) is 29.5 Å². The van der Waals surface area contributed by atoms with Crippen molar-refractivity contribution >= 4 is 57.4 Å². The van der Waals surface area contributed by atoms with Gasteiger partial charge in [-0.25, -0.2) is 0 Å². The van der Waals surface area contributed by atoms with Crippen molar-refractivity contribution in [3.8, 4) is 5.75 Å². The lowest BCUT2D eigenvalue weighted by Gasteiger charge is -2.19. The van der Waals surface area contributed by atoms with E-state index in [1.54, 1.807) is 0 Å².